The van der Waals surface area contributed by atoms with Crippen molar-refractivity contribution in [2.75, 3.05) is 20.1 Å². The molecule has 0 radical (unpaired) electrons. The van der Waals surface area contributed by atoms with Crippen LogP contribution in [0.3, 0.4) is 0 Å². The molecule has 2 aliphatic heterocycles. The third kappa shape index (κ3) is 4.67. The summed E-state index contributed by atoms with van der Waals surface area (Å²) in [6.45, 7) is 13.2. The number of phenolic OH excluding ortho intramolecular Hbond substituents is 1. The van der Waals surface area contributed by atoms with Gasteiger partial charge in [0.15, 0.2) is 11.5 Å². The van der Waals surface area contributed by atoms with Gasteiger partial charge >= 0.3 is 0 Å². The maximum absolute atomic E-state index is 13.9. The van der Waals surface area contributed by atoms with Gasteiger partial charge in [-0.1, -0.05) is 51.1 Å². The lowest BCUT2D eigenvalue weighted by molar-refractivity contribution is -0.0754. The van der Waals surface area contributed by atoms with Gasteiger partial charge in [0, 0.05) is 42.2 Å². The van der Waals surface area contributed by atoms with Crippen LogP contribution in [0.15, 0.2) is 36.4 Å². The number of rotatable bonds is 8. The van der Waals surface area contributed by atoms with Crippen molar-refractivity contribution in [3.8, 4) is 17.2 Å². The number of phenols is 1. The van der Waals surface area contributed by atoms with Gasteiger partial charge in [-0.3, -0.25) is 4.90 Å². The van der Waals surface area contributed by atoms with E-state index < -0.39 is 18.3 Å². The standard InChI is InChI=1S/C34H48N2O5SSi/c1-33(2,3)43(5,6)41-29-19-28(37)24-18-27-25-14-15-26(35(4)42(38,39)21-23-10-8-7-9-11-23)32-34(25,30(24)31(29)40-32)16-17-36(27)20-22-12-13-22/h7-11,19,22,25-27,32,37H,12-18,20-21H2,1-6H3/t25-,26-,27+,32-,34-/m0/s1. The highest BCUT2D eigenvalue weighted by molar-refractivity contribution is 7.88. The molecule has 7 rings (SSSR count). The highest BCUT2D eigenvalue weighted by Gasteiger charge is 2.67. The largest absolute Gasteiger partial charge is 0.541 e. The molecule has 1 spiro atoms. The Kier molecular flexibility index (Phi) is 6.86. The first kappa shape index (κ1) is 29.6. The lowest BCUT2D eigenvalue weighted by atomic mass is 9.51. The normalized spacial score (nSPS) is 30.2. The van der Waals surface area contributed by atoms with Crippen molar-refractivity contribution in [3.63, 3.8) is 0 Å². The Bertz CT molecular complexity index is 1520. The number of aromatic hydroxyl groups is 1. The van der Waals surface area contributed by atoms with Crippen molar-refractivity contribution in [2.45, 2.75) is 107 Å². The zero-order valence-electron chi connectivity index (χ0n) is 26.6. The number of piperidine rings is 1. The third-order valence-electron chi connectivity index (χ3n) is 12.0. The monoisotopic (exact) mass is 624 g/mol. The first-order valence-corrected chi connectivity index (χ1v) is 20.7. The van der Waals surface area contributed by atoms with Crippen LogP contribution in [0.5, 0.6) is 17.2 Å². The fourth-order valence-electron chi connectivity index (χ4n) is 8.48. The summed E-state index contributed by atoms with van der Waals surface area (Å²) in [5, 5.41) is 11.6. The quantitative estimate of drug-likeness (QED) is 0.360. The molecule has 0 unspecified atom stereocenters. The fourth-order valence-corrected chi connectivity index (χ4v) is 10.9. The Labute approximate surface area is 258 Å². The van der Waals surface area contributed by atoms with E-state index in [2.05, 4.69) is 38.8 Å². The van der Waals surface area contributed by atoms with Crippen LogP contribution < -0.4 is 9.16 Å². The topological polar surface area (TPSA) is 79.3 Å². The SMILES string of the molecule is CN([C@H]1CC[C@H]2[C@H]3Cc4c(O)cc(O[Si](C)(C)C(C)(C)C)c5c4[C@@]2(CCN3CC2CC2)[C@H]1O5)S(=O)(=O)Cc1ccccc1. The van der Waals surface area contributed by atoms with Crippen LogP contribution in [0.25, 0.3) is 0 Å². The molecule has 3 aliphatic carbocycles. The summed E-state index contributed by atoms with van der Waals surface area (Å²) >= 11 is 0. The van der Waals surface area contributed by atoms with Crippen LogP contribution in [0, 0.1) is 11.8 Å². The molecule has 1 saturated heterocycles. The van der Waals surface area contributed by atoms with E-state index in [1.54, 1.807) is 17.4 Å². The lowest BCUT2D eigenvalue weighted by Crippen LogP contribution is -2.69. The molecule has 2 bridgehead atoms. The molecule has 0 aromatic heterocycles. The van der Waals surface area contributed by atoms with E-state index in [1.165, 1.54) is 12.8 Å². The predicted octanol–water partition coefficient (Wildman–Crippen LogP) is 6.06. The van der Waals surface area contributed by atoms with E-state index >= 15 is 0 Å². The third-order valence-corrected chi connectivity index (χ3v) is 18.1. The van der Waals surface area contributed by atoms with E-state index in [0.29, 0.717) is 23.5 Å². The molecule has 3 fully saturated rings. The molecule has 0 amide bonds. The van der Waals surface area contributed by atoms with Crippen LogP contribution >= 0.6 is 0 Å². The summed E-state index contributed by atoms with van der Waals surface area (Å²) < 4.78 is 43.4. The van der Waals surface area contributed by atoms with E-state index in [-0.39, 0.29) is 28.4 Å². The Morgan fingerprint density at radius 1 is 1.14 bits per heavy atom. The number of benzene rings is 2. The molecule has 5 atom stereocenters. The summed E-state index contributed by atoms with van der Waals surface area (Å²) in [5.74, 6) is 2.84. The molecule has 2 aromatic rings. The van der Waals surface area contributed by atoms with E-state index in [9.17, 15) is 13.5 Å². The Balaban J connectivity index is 1.32. The number of hydrogen-bond donors (Lipinski definition) is 1. The summed E-state index contributed by atoms with van der Waals surface area (Å²) in [5.41, 5.74) is 2.58. The van der Waals surface area contributed by atoms with Crippen LogP contribution in [0.1, 0.15) is 69.6 Å². The van der Waals surface area contributed by atoms with Gasteiger partial charge in [0.05, 0.1) is 11.8 Å². The minimum Gasteiger partial charge on any atom is -0.541 e. The molecular formula is C34H48N2O5SSi. The van der Waals surface area contributed by atoms with Gasteiger partial charge in [-0.05, 0) is 80.6 Å². The molecular weight excluding hydrogens is 577 g/mol. The second-order valence-electron chi connectivity index (χ2n) is 15.5. The van der Waals surface area contributed by atoms with Gasteiger partial charge in [-0.25, -0.2) is 8.42 Å². The Morgan fingerprint density at radius 3 is 2.53 bits per heavy atom. The smallest absolute Gasteiger partial charge is 0.250 e. The summed E-state index contributed by atoms with van der Waals surface area (Å²) in [7, 11) is -4.10. The number of ether oxygens (including phenoxy) is 1. The van der Waals surface area contributed by atoms with E-state index in [0.717, 1.165) is 67.1 Å². The van der Waals surface area contributed by atoms with Crippen molar-refractivity contribution in [1.82, 2.24) is 9.21 Å². The average molecular weight is 625 g/mol. The van der Waals surface area contributed by atoms with Crippen molar-refractivity contribution >= 4 is 18.3 Å². The zero-order valence-corrected chi connectivity index (χ0v) is 28.4. The van der Waals surface area contributed by atoms with Gasteiger partial charge in [-0.2, -0.15) is 4.31 Å². The molecule has 9 heteroatoms. The van der Waals surface area contributed by atoms with Crippen LogP contribution in [0.2, 0.25) is 18.1 Å². The minimum absolute atomic E-state index is 0.0229. The van der Waals surface area contributed by atoms with Gasteiger partial charge in [0.2, 0.25) is 10.0 Å². The number of nitrogens with zero attached hydrogens (tertiary/aromatic N) is 2. The van der Waals surface area contributed by atoms with Crippen LogP contribution in [0.4, 0.5) is 0 Å². The highest BCUT2D eigenvalue weighted by atomic mass is 32.2. The molecule has 234 valence electrons. The highest BCUT2D eigenvalue weighted by Crippen LogP contribution is 2.66. The number of hydrogen-bond acceptors (Lipinski definition) is 6. The maximum Gasteiger partial charge on any atom is 0.250 e. The molecule has 5 aliphatic rings. The molecule has 2 aromatic carbocycles. The second-order valence-corrected chi connectivity index (χ2v) is 22.2. The maximum atomic E-state index is 13.9. The molecule has 1 N–H and O–H groups in total. The molecule has 43 heavy (non-hydrogen) atoms. The lowest BCUT2D eigenvalue weighted by Gasteiger charge is -2.60. The molecule has 7 nitrogen and oxygen atoms in total. The zero-order chi connectivity index (χ0) is 30.5. The molecule has 2 heterocycles. The van der Waals surface area contributed by atoms with Crippen LogP contribution in [-0.4, -0.2) is 69.4 Å². The number of likely N-dealkylation sites (N-methyl/N-ethyl adjacent to an activating group) is 1. The minimum atomic E-state index is -3.59. The predicted molar refractivity (Wildman–Crippen MR) is 172 cm³/mol. The van der Waals surface area contributed by atoms with E-state index in [4.69, 9.17) is 9.16 Å². The first-order chi connectivity index (χ1) is 20.2. The Hall–Kier alpha value is -2.07. The van der Waals surface area contributed by atoms with Gasteiger partial charge < -0.3 is 14.3 Å². The van der Waals surface area contributed by atoms with E-state index in [1.807, 2.05) is 30.3 Å². The van der Waals surface area contributed by atoms with Crippen molar-refractivity contribution in [2.24, 2.45) is 11.8 Å². The fraction of sp³-hybridized carbons (Fsp3) is 0.647. The first-order valence-electron chi connectivity index (χ1n) is 16.2. The van der Waals surface area contributed by atoms with Gasteiger partial charge in [0.1, 0.15) is 11.9 Å². The Morgan fingerprint density at radius 2 is 1.86 bits per heavy atom. The number of sulfonamides is 1. The average Bonchev–Trinajstić information content (AvgIpc) is 3.69. The summed E-state index contributed by atoms with van der Waals surface area (Å²) in [6.07, 6.45) is 5.77. The van der Waals surface area contributed by atoms with Crippen molar-refractivity contribution in [1.29, 1.82) is 0 Å². The van der Waals surface area contributed by atoms with Gasteiger partial charge in [-0.15, -0.1) is 0 Å². The number of likely N-dealkylation sites (tertiary alicyclic amines) is 1. The summed E-state index contributed by atoms with van der Waals surface area (Å²) in [4.78, 5) is 2.70. The van der Waals surface area contributed by atoms with Gasteiger partial charge in [0.25, 0.3) is 8.32 Å². The van der Waals surface area contributed by atoms with Crippen molar-refractivity contribution in [3.05, 3.63) is 53.1 Å². The summed E-state index contributed by atoms with van der Waals surface area (Å²) in [6, 6.07) is 11.3. The van der Waals surface area contributed by atoms with Crippen LogP contribution in [-0.2, 0) is 27.6 Å². The second kappa shape index (κ2) is 9.96. The van der Waals surface area contributed by atoms with Crippen molar-refractivity contribution < 1.29 is 22.7 Å². The molecule has 2 saturated carbocycles.